The van der Waals surface area contributed by atoms with Crippen LogP contribution in [-0.2, 0) is 6.54 Å². The Morgan fingerprint density at radius 1 is 1.46 bits per heavy atom. The summed E-state index contributed by atoms with van der Waals surface area (Å²) in [4.78, 5) is 18.9. The van der Waals surface area contributed by atoms with E-state index in [0.717, 1.165) is 42.9 Å². The van der Waals surface area contributed by atoms with Gasteiger partial charge in [0.25, 0.3) is 5.91 Å². The van der Waals surface area contributed by atoms with Crippen molar-refractivity contribution in [3.8, 4) is 0 Å². The molecule has 0 spiro atoms. The lowest BCUT2D eigenvalue weighted by molar-refractivity contribution is 0.0949. The second kappa shape index (κ2) is 7.57. The quantitative estimate of drug-likeness (QED) is 0.855. The van der Waals surface area contributed by atoms with Gasteiger partial charge in [0.2, 0.25) is 0 Å². The van der Waals surface area contributed by atoms with Gasteiger partial charge in [0.1, 0.15) is 12.2 Å². The average Bonchev–Trinajstić information content (AvgIpc) is 3.24. The number of carbonyl (C=O) groups is 1. The Morgan fingerprint density at radius 3 is 3.08 bits per heavy atom. The van der Waals surface area contributed by atoms with Crippen LogP contribution in [0, 0.1) is 5.92 Å². The molecule has 6 heteroatoms. The summed E-state index contributed by atoms with van der Waals surface area (Å²) < 4.78 is 0. The second-order valence-corrected chi connectivity index (χ2v) is 6.80. The molecule has 0 unspecified atom stereocenters. The number of nitrogens with zero attached hydrogens (tertiary/aromatic N) is 3. The largest absolute Gasteiger partial charge is 0.352 e. The summed E-state index contributed by atoms with van der Waals surface area (Å²) in [6, 6.07) is 8.18. The Labute approximate surface area is 142 Å². The summed E-state index contributed by atoms with van der Waals surface area (Å²) in [5, 5.41) is 9.92. The summed E-state index contributed by atoms with van der Waals surface area (Å²) in [5.74, 6) is 1.38. The first-order chi connectivity index (χ1) is 11.6. The number of likely N-dealkylation sites (tertiary alicyclic amines) is 1. The minimum absolute atomic E-state index is 0.00115. The first-order valence-corrected chi connectivity index (χ1v) is 8.60. The van der Waals surface area contributed by atoms with Crippen molar-refractivity contribution in [1.29, 1.82) is 0 Å². The molecule has 1 saturated heterocycles. The molecule has 0 aliphatic carbocycles. The SMILES string of the molecule is CC(C)CNC(=O)c1cccc(CN2CCC[C@@H]2c2ncn[nH]2)c1. The topological polar surface area (TPSA) is 73.9 Å². The molecule has 1 aromatic carbocycles. The lowest BCUT2D eigenvalue weighted by Crippen LogP contribution is -2.27. The summed E-state index contributed by atoms with van der Waals surface area (Å²) in [7, 11) is 0. The molecule has 2 aromatic rings. The molecule has 1 atom stereocenters. The van der Waals surface area contributed by atoms with E-state index < -0.39 is 0 Å². The zero-order chi connectivity index (χ0) is 16.9. The van der Waals surface area contributed by atoms with Crippen molar-refractivity contribution in [2.75, 3.05) is 13.1 Å². The smallest absolute Gasteiger partial charge is 0.251 e. The number of hydrogen-bond acceptors (Lipinski definition) is 4. The van der Waals surface area contributed by atoms with E-state index in [9.17, 15) is 4.79 Å². The third kappa shape index (κ3) is 4.00. The fourth-order valence-corrected chi connectivity index (χ4v) is 3.14. The lowest BCUT2D eigenvalue weighted by Gasteiger charge is -2.22. The number of H-pyrrole nitrogens is 1. The number of aromatic amines is 1. The fraction of sp³-hybridized carbons (Fsp3) is 0.500. The van der Waals surface area contributed by atoms with Gasteiger partial charge in [0.05, 0.1) is 6.04 Å². The van der Waals surface area contributed by atoms with Gasteiger partial charge in [-0.15, -0.1) is 0 Å². The highest BCUT2D eigenvalue weighted by molar-refractivity contribution is 5.94. The minimum Gasteiger partial charge on any atom is -0.352 e. The van der Waals surface area contributed by atoms with E-state index in [-0.39, 0.29) is 11.9 Å². The van der Waals surface area contributed by atoms with Gasteiger partial charge in [0, 0.05) is 18.7 Å². The van der Waals surface area contributed by atoms with Crippen LogP contribution in [-0.4, -0.2) is 39.1 Å². The van der Waals surface area contributed by atoms with Gasteiger partial charge in [0.15, 0.2) is 0 Å². The van der Waals surface area contributed by atoms with Gasteiger partial charge in [-0.2, -0.15) is 5.10 Å². The van der Waals surface area contributed by atoms with E-state index in [1.807, 2.05) is 18.2 Å². The third-order valence-corrected chi connectivity index (χ3v) is 4.36. The Morgan fingerprint density at radius 2 is 2.33 bits per heavy atom. The van der Waals surface area contributed by atoms with E-state index in [4.69, 9.17) is 0 Å². The van der Waals surface area contributed by atoms with Crippen molar-refractivity contribution in [3.63, 3.8) is 0 Å². The van der Waals surface area contributed by atoms with E-state index in [1.54, 1.807) is 6.33 Å². The molecule has 1 aliphatic rings. The fourth-order valence-electron chi connectivity index (χ4n) is 3.14. The van der Waals surface area contributed by atoms with Crippen LogP contribution in [0.3, 0.4) is 0 Å². The normalized spacial score (nSPS) is 18.2. The van der Waals surface area contributed by atoms with Crippen molar-refractivity contribution in [2.45, 2.75) is 39.3 Å². The number of nitrogens with one attached hydrogen (secondary N) is 2. The van der Waals surface area contributed by atoms with E-state index in [0.29, 0.717) is 12.5 Å². The van der Waals surface area contributed by atoms with Crippen LogP contribution in [0.25, 0.3) is 0 Å². The number of rotatable bonds is 6. The first-order valence-electron chi connectivity index (χ1n) is 8.60. The Hall–Kier alpha value is -2.21. The molecule has 128 valence electrons. The maximum absolute atomic E-state index is 12.2. The monoisotopic (exact) mass is 327 g/mol. The maximum Gasteiger partial charge on any atom is 0.251 e. The first kappa shape index (κ1) is 16.6. The van der Waals surface area contributed by atoms with Crippen molar-refractivity contribution >= 4 is 5.91 Å². The number of hydrogen-bond donors (Lipinski definition) is 2. The van der Waals surface area contributed by atoms with E-state index >= 15 is 0 Å². The predicted molar refractivity (Wildman–Crippen MR) is 92.4 cm³/mol. The van der Waals surface area contributed by atoms with Gasteiger partial charge < -0.3 is 5.32 Å². The summed E-state index contributed by atoms with van der Waals surface area (Å²) in [5.41, 5.74) is 1.88. The molecule has 24 heavy (non-hydrogen) atoms. The highest BCUT2D eigenvalue weighted by atomic mass is 16.1. The van der Waals surface area contributed by atoms with Crippen LogP contribution >= 0.6 is 0 Å². The predicted octanol–water partition coefficient (Wildman–Crippen LogP) is 2.53. The van der Waals surface area contributed by atoms with Crippen LogP contribution in [0.5, 0.6) is 0 Å². The standard InChI is InChI=1S/C18H25N5O/c1-13(2)10-19-18(24)15-6-3-5-14(9-15)11-23-8-4-7-16(23)17-20-12-21-22-17/h3,5-6,9,12-13,16H,4,7-8,10-11H2,1-2H3,(H,19,24)(H,20,21,22)/t16-/m1/s1. The highest BCUT2D eigenvalue weighted by Crippen LogP contribution is 2.30. The maximum atomic E-state index is 12.2. The lowest BCUT2D eigenvalue weighted by atomic mass is 10.1. The molecule has 0 bridgehead atoms. The number of benzene rings is 1. The van der Waals surface area contributed by atoms with Crippen LogP contribution in [0.15, 0.2) is 30.6 Å². The molecule has 0 saturated carbocycles. The van der Waals surface area contributed by atoms with Crippen molar-refractivity contribution in [3.05, 3.63) is 47.5 Å². The van der Waals surface area contributed by atoms with Crippen molar-refractivity contribution in [1.82, 2.24) is 25.4 Å². The number of aromatic nitrogens is 3. The second-order valence-electron chi connectivity index (χ2n) is 6.80. The molecular formula is C18H25N5O. The molecule has 1 amide bonds. The third-order valence-electron chi connectivity index (χ3n) is 4.36. The zero-order valence-electron chi connectivity index (χ0n) is 14.3. The summed E-state index contributed by atoms with van der Waals surface area (Å²) in [6.07, 6.45) is 3.80. The van der Waals surface area contributed by atoms with Gasteiger partial charge in [-0.1, -0.05) is 26.0 Å². The highest BCUT2D eigenvalue weighted by Gasteiger charge is 2.28. The molecule has 2 heterocycles. The van der Waals surface area contributed by atoms with Crippen LogP contribution in [0.2, 0.25) is 0 Å². The minimum atomic E-state index is -0.00115. The van der Waals surface area contributed by atoms with E-state index in [1.165, 1.54) is 0 Å². The van der Waals surface area contributed by atoms with Gasteiger partial charge in [-0.05, 0) is 43.0 Å². The zero-order valence-corrected chi connectivity index (χ0v) is 14.3. The van der Waals surface area contributed by atoms with Gasteiger partial charge in [-0.25, -0.2) is 4.98 Å². The molecule has 1 aliphatic heterocycles. The molecular weight excluding hydrogens is 302 g/mol. The van der Waals surface area contributed by atoms with Crippen molar-refractivity contribution < 1.29 is 4.79 Å². The van der Waals surface area contributed by atoms with E-state index in [2.05, 4.69) is 45.3 Å². The molecule has 1 fully saturated rings. The Kier molecular flexibility index (Phi) is 5.25. The summed E-state index contributed by atoms with van der Waals surface area (Å²) in [6.45, 7) is 6.73. The average molecular weight is 327 g/mol. The Balaban J connectivity index is 1.67. The number of amides is 1. The molecule has 0 radical (unpaired) electrons. The van der Waals surface area contributed by atoms with Gasteiger partial charge in [-0.3, -0.25) is 14.8 Å². The van der Waals surface area contributed by atoms with Crippen LogP contribution < -0.4 is 5.32 Å². The molecule has 3 rings (SSSR count). The molecule has 1 aromatic heterocycles. The molecule has 2 N–H and O–H groups in total. The Bertz CT molecular complexity index is 668. The molecule has 6 nitrogen and oxygen atoms in total. The van der Waals surface area contributed by atoms with Crippen molar-refractivity contribution in [2.24, 2.45) is 5.92 Å². The van der Waals surface area contributed by atoms with Crippen LogP contribution in [0.4, 0.5) is 0 Å². The van der Waals surface area contributed by atoms with Crippen LogP contribution in [0.1, 0.15) is 54.5 Å². The number of carbonyl (C=O) groups excluding carboxylic acids is 1. The summed E-state index contributed by atoms with van der Waals surface area (Å²) >= 11 is 0. The van der Waals surface area contributed by atoms with Gasteiger partial charge >= 0.3 is 0 Å².